The van der Waals surface area contributed by atoms with Crippen molar-refractivity contribution in [1.82, 2.24) is 4.90 Å². The van der Waals surface area contributed by atoms with Gasteiger partial charge in [-0.05, 0) is 24.8 Å². The van der Waals surface area contributed by atoms with Crippen LogP contribution in [0.15, 0.2) is 23.1 Å². The summed E-state index contributed by atoms with van der Waals surface area (Å²) in [6, 6.07) is 3.82. The lowest BCUT2D eigenvalue weighted by atomic mass is 10.0. The number of piperidine rings is 1. The Balaban J connectivity index is 2.08. The molecule has 26 heavy (non-hydrogen) atoms. The average molecular weight is 383 g/mol. The minimum Gasteiger partial charge on any atom is -0.381 e. The molecule has 0 aliphatic carbocycles. The van der Waals surface area contributed by atoms with Gasteiger partial charge in [-0.15, -0.1) is 0 Å². The number of hydrogen-bond donors (Lipinski definition) is 1. The number of carbonyl (C=O) groups is 1. The summed E-state index contributed by atoms with van der Waals surface area (Å²) in [6.45, 7) is 5.25. The quantitative estimate of drug-likeness (QED) is 0.597. The number of nitrogens with zero attached hydrogens (tertiary/aromatic N) is 2. The third-order valence-corrected chi connectivity index (χ3v) is 5.50. The fourth-order valence-electron chi connectivity index (χ4n) is 3.02. The van der Waals surface area contributed by atoms with E-state index in [9.17, 15) is 23.3 Å². The van der Waals surface area contributed by atoms with Gasteiger partial charge < -0.3 is 10.2 Å². The predicted octanol–water partition coefficient (Wildman–Crippen LogP) is 2.45. The van der Waals surface area contributed by atoms with E-state index in [1.54, 1.807) is 0 Å². The second kappa shape index (κ2) is 8.03. The third kappa shape index (κ3) is 5.17. The second-order valence-corrected chi connectivity index (χ2v) is 9.09. The number of likely N-dealkylation sites (tertiary alicyclic amines) is 1. The molecule has 0 atom stereocenters. The molecule has 1 fully saturated rings. The minimum atomic E-state index is -3.61. The summed E-state index contributed by atoms with van der Waals surface area (Å²) in [5.74, 6) is 0.460. The molecule has 1 N–H and O–H groups in total. The molecular weight excluding hydrogens is 358 g/mol. The van der Waals surface area contributed by atoms with Crippen molar-refractivity contribution >= 4 is 27.1 Å². The van der Waals surface area contributed by atoms with Gasteiger partial charge in [0.25, 0.3) is 5.69 Å². The largest absolute Gasteiger partial charge is 0.381 e. The first kappa shape index (κ1) is 20.2. The molecule has 1 aliphatic rings. The monoisotopic (exact) mass is 383 g/mol. The zero-order valence-corrected chi connectivity index (χ0v) is 16.1. The van der Waals surface area contributed by atoms with Crippen LogP contribution < -0.4 is 5.32 Å². The Labute approximate surface area is 153 Å². The van der Waals surface area contributed by atoms with Crippen LogP contribution in [0.2, 0.25) is 0 Å². The second-order valence-electron chi connectivity index (χ2n) is 7.11. The Morgan fingerprint density at radius 2 is 1.96 bits per heavy atom. The van der Waals surface area contributed by atoms with Crippen LogP contribution in [-0.2, 0) is 14.6 Å². The fraction of sp³-hybridized carbons (Fsp3) is 0.588. The van der Waals surface area contributed by atoms with Crippen molar-refractivity contribution in [3.8, 4) is 0 Å². The van der Waals surface area contributed by atoms with E-state index in [0.29, 0.717) is 44.0 Å². The van der Waals surface area contributed by atoms with Crippen molar-refractivity contribution < 1.29 is 18.1 Å². The molecule has 1 aliphatic heterocycles. The number of rotatable bonds is 6. The molecule has 0 unspecified atom stereocenters. The lowest BCUT2D eigenvalue weighted by Gasteiger charge is -2.33. The van der Waals surface area contributed by atoms with Crippen molar-refractivity contribution in [2.24, 2.45) is 5.92 Å². The van der Waals surface area contributed by atoms with E-state index in [0.717, 1.165) is 12.3 Å². The number of non-ortho nitro benzene ring substituents is 1. The Morgan fingerprint density at radius 3 is 2.46 bits per heavy atom. The molecule has 8 nitrogen and oxygen atoms in total. The normalized spacial score (nSPS) is 15.9. The summed E-state index contributed by atoms with van der Waals surface area (Å²) in [5, 5.41) is 14.1. The van der Waals surface area contributed by atoms with Gasteiger partial charge >= 0.3 is 0 Å². The molecule has 0 aromatic heterocycles. The summed E-state index contributed by atoms with van der Waals surface area (Å²) in [4.78, 5) is 24.2. The molecule has 1 aromatic carbocycles. The molecule has 9 heteroatoms. The van der Waals surface area contributed by atoms with Gasteiger partial charge in [0, 0.05) is 43.9 Å². The highest BCUT2D eigenvalue weighted by Gasteiger charge is 2.25. The summed E-state index contributed by atoms with van der Waals surface area (Å²) >= 11 is 0. The number of nitro groups is 1. The number of anilines is 1. The molecule has 144 valence electrons. The first-order valence-electron chi connectivity index (χ1n) is 8.60. The highest BCUT2D eigenvalue weighted by atomic mass is 32.2. The number of benzene rings is 1. The van der Waals surface area contributed by atoms with E-state index in [2.05, 4.69) is 5.32 Å². The number of carbonyl (C=O) groups excluding carboxylic acids is 1. The van der Waals surface area contributed by atoms with Crippen molar-refractivity contribution in [2.75, 3.05) is 24.7 Å². The van der Waals surface area contributed by atoms with Crippen LogP contribution in [0, 0.1) is 16.0 Å². The van der Waals surface area contributed by atoms with Crippen LogP contribution in [0.4, 0.5) is 11.4 Å². The van der Waals surface area contributed by atoms with E-state index >= 15 is 0 Å². The molecular formula is C17H25N3O5S. The SMILES string of the molecule is CC(C)CC(=O)N1CCC(Nc2ccc([N+](=O)[O-])cc2S(C)(=O)=O)CC1. The molecule has 1 amide bonds. The van der Waals surface area contributed by atoms with E-state index < -0.39 is 14.8 Å². The summed E-state index contributed by atoms with van der Waals surface area (Å²) in [6.07, 6.45) is 2.96. The van der Waals surface area contributed by atoms with E-state index in [4.69, 9.17) is 0 Å². The topological polar surface area (TPSA) is 110 Å². The maximum absolute atomic E-state index is 12.1. The zero-order valence-electron chi connectivity index (χ0n) is 15.3. The smallest absolute Gasteiger partial charge is 0.270 e. The van der Waals surface area contributed by atoms with E-state index in [1.165, 1.54) is 12.1 Å². The first-order chi connectivity index (χ1) is 12.1. The van der Waals surface area contributed by atoms with Crippen LogP contribution in [0.25, 0.3) is 0 Å². The van der Waals surface area contributed by atoms with E-state index in [1.807, 2.05) is 18.7 Å². The maximum Gasteiger partial charge on any atom is 0.270 e. The fourth-order valence-corrected chi connectivity index (χ4v) is 3.88. The highest BCUT2D eigenvalue weighted by molar-refractivity contribution is 7.90. The Morgan fingerprint density at radius 1 is 1.35 bits per heavy atom. The maximum atomic E-state index is 12.1. The van der Waals surface area contributed by atoms with Crippen molar-refractivity contribution in [2.45, 2.75) is 44.0 Å². The Hall–Kier alpha value is -2.16. The van der Waals surface area contributed by atoms with Crippen LogP contribution in [0.5, 0.6) is 0 Å². The number of nitro benzene ring substituents is 1. The summed E-state index contributed by atoms with van der Waals surface area (Å²) in [7, 11) is -3.61. The minimum absolute atomic E-state index is 0.0139. The Kier molecular flexibility index (Phi) is 6.22. The standard InChI is InChI=1S/C17H25N3O5S/c1-12(2)10-17(21)19-8-6-13(7-9-19)18-15-5-4-14(20(22)23)11-16(15)26(3,24)25/h4-5,11-13,18H,6-10H2,1-3H3. The van der Waals surface area contributed by atoms with Gasteiger partial charge in [-0.2, -0.15) is 0 Å². The summed E-state index contributed by atoms with van der Waals surface area (Å²) < 4.78 is 24.0. The molecule has 0 bridgehead atoms. The summed E-state index contributed by atoms with van der Waals surface area (Å²) in [5.41, 5.74) is 0.107. The van der Waals surface area contributed by atoms with Crippen LogP contribution in [0.1, 0.15) is 33.1 Å². The van der Waals surface area contributed by atoms with Crippen molar-refractivity contribution in [3.63, 3.8) is 0 Å². The lowest BCUT2D eigenvalue weighted by Crippen LogP contribution is -2.42. The average Bonchev–Trinajstić information content (AvgIpc) is 2.54. The molecule has 0 spiro atoms. The zero-order chi connectivity index (χ0) is 19.5. The van der Waals surface area contributed by atoms with Crippen LogP contribution >= 0.6 is 0 Å². The van der Waals surface area contributed by atoms with Crippen LogP contribution in [-0.4, -0.2) is 49.5 Å². The molecule has 0 saturated carbocycles. The van der Waals surface area contributed by atoms with Gasteiger partial charge in [0.05, 0.1) is 15.5 Å². The molecule has 1 saturated heterocycles. The number of hydrogen-bond acceptors (Lipinski definition) is 6. The van der Waals surface area contributed by atoms with Gasteiger partial charge in [0.2, 0.25) is 5.91 Å². The molecule has 1 heterocycles. The van der Waals surface area contributed by atoms with Crippen molar-refractivity contribution in [1.29, 1.82) is 0 Å². The lowest BCUT2D eigenvalue weighted by molar-refractivity contribution is -0.385. The van der Waals surface area contributed by atoms with Gasteiger partial charge in [-0.1, -0.05) is 13.8 Å². The Bertz CT molecular complexity index is 784. The predicted molar refractivity (Wildman–Crippen MR) is 98.9 cm³/mol. The van der Waals surface area contributed by atoms with Crippen molar-refractivity contribution in [3.05, 3.63) is 28.3 Å². The third-order valence-electron chi connectivity index (χ3n) is 4.37. The van der Waals surface area contributed by atoms with Crippen LogP contribution in [0.3, 0.4) is 0 Å². The van der Waals surface area contributed by atoms with Gasteiger partial charge in [0.15, 0.2) is 9.84 Å². The molecule has 1 aromatic rings. The highest BCUT2D eigenvalue weighted by Crippen LogP contribution is 2.28. The number of amides is 1. The number of nitrogens with one attached hydrogen (secondary N) is 1. The van der Waals surface area contributed by atoms with E-state index in [-0.39, 0.29) is 22.5 Å². The van der Waals surface area contributed by atoms with Gasteiger partial charge in [-0.25, -0.2) is 8.42 Å². The number of sulfone groups is 1. The molecule has 2 rings (SSSR count). The van der Waals surface area contributed by atoms with Gasteiger partial charge in [0.1, 0.15) is 0 Å². The molecule has 0 radical (unpaired) electrons. The first-order valence-corrected chi connectivity index (χ1v) is 10.5. The van der Waals surface area contributed by atoms with Gasteiger partial charge in [-0.3, -0.25) is 14.9 Å².